The monoisotopic (exact) mass is 586 g/mol. The molecule has 232 valence electrons. The van der Waals surface area contributed by atoms with Crippen LogP contribution in [0.25, 0.3) is 0 Å². The van der Waals surface area contributed by atoms with Crippen LogP contribution in [0, 0.1) is 0 Å². The van der Waals surface area contributed by atoms with Crippen LogP contribution in [0.3, 0.4) is 0 Å². The van der Waals surface area contributed by atoms with Crippen LogP contribution in [0.15, 0.2) is 0 Å². The average Bonchev–Trinajstić information content (AvgIpc) is 2.90. The van der Waals surface area contributed by atoms with Crippen LogP contribution in [0.2, 0.25) is 0 Å². The number of nitrogens with one attached hydrogen (secondary N) is 2. The van der Waals surface area contributed by atoms with Gasteiger partial charge in [0.05, 0.1) is 19.8 Å². The van der Waals surface area contributed by atoms with Gasteiger partial charge in [0.1, 0.15) is 73.1 Å². The van der Waals surface area contributed by atoms with Gasteiger partial charge in [-0.15, -0.1) is 0 Å². The van der Waals surface area contributed by atoms with Gasteiger partial charge in [0.15, 0.2) is 18.9 Å². The molecule has 0 bridgehead atoms. The zero-order valence-corrected chi connectivity index (χ0v) is 21.7. The lowest BCUT2D eigenvalue weighted by molar-refractivity contribution is -0.360. The van der Waals surface area contributed by atoms with Gasteiger partial charge in [0, 0.05) is 13.8 Å². The summed E-state index contributed by atoms with van der Waals surface area (Å²) in [7, 11) is 0. The lowest BCUT2D eigenvalue weighted by atomic mass is 9.94. The predicted molar refractivity (Wildman–Crippen MR) is 124 cm³/mol. The maximum absolute atomic E-state index is 12.0. The Kier molecular flexibility index (Phi) is 11.5. The molecule has 0 aromatic rings. The SMILES string of the molecule is CC(=O)N[C@@H]1[C@@H](O)[C@H](O[C@@H]2O[C@H](CO)[C@H](O[C@@H]3O[C@H](CO)[C@@H](O)[C@H](O)[C@@H]3O)[C@H](O)[C@H]2NC(C)=O)[C@@H](CO)O[C@H]1O. The van der Waals surface area contributed by atoms with Crippen molar-refractivity contribution in [3.63, 3.8) is 0 Å². The number of hydrogen-bond donors (Lipinski definition) is 11. The Morgan fingerprint density at radius 3 is 1.57 bits per heavy atom. The molecule has 3 saturated heterocycles. The Morgan fingerprint density at radius 1 is 0.600 bits per heavy atom. The first-order chi connectivity index (χ1) is 18.8. The van der Waals surface area contributed by atoms with Gasteiger partial charge in [0.2, 0.25) is 11.8 Å². The predicted octanol–water partition coefficient (Wildman–Crippen LogP) is -7.29. The molecule has 15 atom stereocenters. The largest absolute Gasteiger partial charge is 0.394 e. The highest BCUT2D eigenvalue weighted by Crippen LogP contribution is 2.32. The Hall–Kier alpha value is -1.62. The second-order valence-electron chi connectivity index (χ2n) is 9.81. The van der Waals surface area contributed by atoms with Crippen molar-refractivity contribution in [3.8, 4) is 0 Å². The van der Waals surface area contributed by atoms with Crippen molar-refractivity contribution in [3.05, 3.63) is 0 Å². The van der Waals surface area contributed by atoms with E-state index in [4.69, 9.17) is 23.7 Å². The first-order valence-electron chi connectivity index (χ1n) is 12.6. The molecule has 0 aromatic heterocycles. The number of hydrogen-bond acceptors (Lipinski definition) is 16. The van der Waals surface area contributed by atoms with E-state index in [0.717, 1.165) is 13.8 Å². The molecule has 3 heterocycles. The Bertz CT molecular complexity index is 852. The number of carbonyl (C=O) groups excluding carboxylic acids is 2. The van der Waals surface area contributed by atoms with Crippen molar-refractivity contribution in [2.24, 2.45) is 0 Å². The standard InChI is InChI=1S/C22H38N2O16/c1-6(28)23-11-14(31)18(9(4-26)36-20(11)35)39-21-12(24-7(2)29)15(32)19(10(5-27)38-21)40-22-17(34)16(33)13(30)8(3-25)37-22/h8-22,25-27,30-35H,3-5H2,1-2H3,(H,23,28)(H,24,29)/t8-,9-,10-,11-,12-,13-,14-,15-,16+,17+,18-,19+,20-,21+,22+/m1/s1. The minimum atomic E-state index is -1.85. The van der Waals surface area contributed by atoms with Crippen molar-refractivity contribution in [1.29, 1.82) is 0 Å². The summed E-state index contributed by atoms with van der Waals surface area (Å²) in [6.07, 6.45) is -21.1. The molecule has 3 aliphatic heterocycles. The molecule has 3 rings (SSSR count). The molecule has 18 nitrogen and oxygen atoms in total. The van der Waals surface area contributed by atoms with Crippen molar-refractivity contribution in [2.45, 2.75) is 106 Å². The first kappa shape index (κ1) is 32.9. The van der Waals surface area contributed by atoms with Gasteiger partial charge < -0.3 is 80.3 Å². The summed E-state index contributed by atoms with van der Waals surface area (Å²) in [5.74, 6) is -1.30. The highest BCUT2D eigenvalue weighted by atomic mass is 16.7. The van der Waals surface area contributed by atoms with Crippen LogP contribution in [0.5, 0.6) is 0 Å². The summed E-state index contributed by atoms with van der Waals surface area (Å²) in [6.45, 7) is -0.117. The van der Waals surface area contributed by atoms with Crippen LogP contribution < -0.4 is 10.6 Å². The third-order valence-corrected chi connectivity index (χ3v) is 6.90. The van der Waals surface area contributed by atoms with Gasteiger partial charge in [-0.05, 0) is 0 Å². The van der Waals surface area contributed by atoms with E-state index >= 15 is 0 Å². The van der Waals surface area contributed by atoms with E-state index < -0.39 is 124 Å². The van der Waals surface area contributed by atoms with Crippen LogP contribution in [0.4, 0.5) is 0 Å². The molecular formula is C22H38N2O16. The number of amides is 2. The van der Waals surface area contributed by atoms with Gasteiger partial charge in [-0.1, -0.05) is 0 Å². The lowest BCUT2D eigenvalue weighted by Gasteiger charge is -2.49. The fourth-order valence-corrected chi connectivity index (χ4v) is 4.87. The fraction of sp³-hybridized carbons (Fsp3) is 0.909. The smallest absolute Gasteiger partial charge is 0.217 e. The normalized spacial score (nSPS) is 46.0. The summed E-state index contributed by atoms with van der Waals surface area (Å²) >= 11 is 0. The molecule has 3 fully saturated rings. The van der Waals surface area contributed by atoms with Crippen molar-refractivity contribution < 1.29 is 79.2 Å². The van der Waals surface area contributed by atoms with Crippen LogP contribution in [-0.4, -0.2) is 170 Å². The molecule has 0 radical (unpaired) electrons. The van der Waals surface area contributed by atoms with E-state index in [0.29, 0.717) is 0 Å². The molecule has 2 amide bonds. The Morgan fingerprint density at radius 2 is 1.05 bits per heavy atom. The molecular weight excluding hydrogens is 548 g/mol. The number of ether oxygens (including phenoxy) is 5. The third-order valence-electron chi connectivity index (χ3n) is 6.90. The molecule has 0 aliphatic carbocycles. The van der Waals surface area contributed by atoms with Crippen LogP contribution in [-0.2, 0) is 33.3 Å². The molecule has 3 aliphatic rings. The Balaban J connectivity index is 1.85. The molecule has 0 aromatic carbocycles. The van der Waals surface area contributed by atoms with Gasteiger partial charge in [0.25, 0.3) is 0 Å². The topological polar surface area (TPSA) is 286 Å². The number of rotatable bonds is 9. The first-order valence-corrected chi connectivity index (χ1v) is 12.6. The second-order valence-corrected chi connectivity index (χ2v) is 9.81. The second kappa shape index (κ2) is 14.0. The Labute approximate surface area is 228 Å². The van der Waals surface area contributed by atoms with Gasteiger partial charge >= 0.3 is 0 Å². The van der Waals surface area contributed by atoms with E-state index in [2.05, 4.69) is 10.6 Å². The van der Waals surface area contributed by atoms with Crippen molar-refractivity contribution in [2.75, 3.05) is 19.8 Å². The minimum Gasteiger partial charge on any atom is -0.394 e. The third kappa shape index (κ3) is 7.05. The summed E-state index contributed by atoms with van der Waals surface area (Å²) in [6, 6.07) is -2.87. The van der Waals surface area contributed by atoms with Crippen molar-refractivity contribution >= 4 is 11.8 Å². The molecule has 40 heavy (non-hydrogen) atoms. The minimum absolute atomic E-state index is 0.623. The van der Waals surface area contributed by atoms with Crippen LogP contribution in [0.1, 0.15) is 13.8 Å². The lowest BCUT2D eigenvalue weighted by Crippen LogP contribution is -2.70. The van der Waals surface area contributed by atoms with E-state index in [-0.39, 0.29) is 0 Å². The van der Waals surface area contributed by atoms with E-state index in [1.807, 2.05) is 0 Å². The summed E-state index contributed by atoms with van der Waals surface area (Å²) in [5, 5.41) is 96.5. The zero-order valence-electron chi connectivity index (χ0n) is 21.7. The quantitative estimate of drug-likeness (QED) is 0.120. The maximum atomic E-state index is 12.0. The highest BCUT2D eigenvalue weighted by Gasteiger charge is 2.54. The van der Waals surface area contributed by atoms with Crippen LogP contribution >= 0.6 is 0 Å². The van der Waals surface area contributed by atoms with E-state index in [1.54, 1.807) is 0 Å². The highest BCUT2D eigenvalue weighted by molar-refractivity contribution is 5.73. The molecule has 18 heteroatoms. The maximum Gasteiger partial charge on any atom is 0.217 e. The van der Waals surface area contributed by atoms with Gasteiger partial charge in [-0.2, -0.15) is 0 Å². The summed E-state index contributed by atoms with van der Waals surface area (Å²) in [5.41, 5.74) is 0. The molecule has 0 unspecified atom stereocenters. The summed E-state index contributed by atoms with van der Waals surface area (Å²) in [4.78, 5) is 23.5. The molecule has 11 N–H and O–H groups in total. The van der Waals surface area contributed by atoms with Crippen molar-refractivity contribution in [1.82, 2.24) is 10.6 Å². The summed E-state index contributed by atoms with van der Waals surface area (Å²) < 4.78 is 27.7. The average molecular weight is 587 g/mol. The zero-order chi connectivity index (χ0) is 29.9. The number of aliphatic hydroxyl groups is 9. The number of aliphatic hydroxyl groups excluding tert-OH is 9. The fourth-order valence-electron chi connectivity index (χ4n) is 4.87. The molecule has 0 saturated carbocycles. The van der Waals surface area contributed by atoms with Gasteiger partial charge in [-0.3, -0.25) is 9.59 Å². The van der Waals surface area contributed by atoms with E-state index in [1.165, 1.54) is 0 Å². The molecule has 0 spiro atoms. The number of carbonyl (C=O) groups is 2. The van der Waals surface area contributed by atoms with E-state index in [9.17, 15) is 55.5 Å². The van der Waals surface area contributed by atoms with Gasteiger partial charge in [-0.25, -0.2) is 0 Å².